The van der Waals surface area contributed by atoms with Crippen LogP contribution in [0.15, 0.2) is 18.2 Å². The van der Waals surface area contributed by atoms with Crippen molar-refractivity contribution < 1.29 is 9.18 Å². The van der Waals surface area contributed by atoms with E-state index in [0.29, 0.717) is 18.7 Å². The quantitative estimate of drug-likeness (QED) is 0.769. The topological polar surface area (TPSA) is 20.3 Å². The summed E-state index contributed by atoms with van der Waals surface area (Å²) >= 11 is 5.62. The van der Waals surface area contributed by atoms with E-state index in [4.69, 9.17) is 11.6 Å². The second-order valence-electron chi connectivity index (χ2n) is 4.72. The van der Waals surface area contributed by atoms with E-state index in [2.05, 4.69) is 0 Å². The van der Waals surface area contributed by atoms with Gasteiger partial charge in [0.15, 0.2) is 0 Å². The highest BCUT2D eigenvalue weighted by Gasteiger charge is 2.27. The number of amides is 1. The minimum Gasteiger partial charge on any atom is -0.309 e. The van der Waals surface area contributed by atoms with E-state index < -0.39 is 0 Å². The lowest BCUT2D eigenvalue weighted by atomic mass is 9.96. The first-order chi connectivity index (χ1) is 8.63. The molecule has 1 aromatic carbocycles. The fourth-order valence-electron chi connectivity index (χ4n) is 2.44. The van der Waals surface area contributed by atoms with Crippen molar-refractivity contribution in [3.63, 3.8) is 0 Å². The van der Waals surface area contributed by atoms with Crippen molar-refractivity contribution >= 4 is 23.2 Å². The monoisotopic (exact) mass is 269 g/mol. The summed E-state index contributed by atoms with van der Waals surface area (Å²) in [7, 11) is 0. The van der Waals surface area contributed by atoms with Gasteiger partial charge < -0.3 is 4.90 Å². The van der Waals surface area contributed by atoms with Gasteiger partial charge in [-0.15, -0.1) is 11.6 Å². The Morgan fingerprint density at radius 1 is 1.56 bits per heavy atom. The number of rotatable bonds is 3. The van der Waals surface area contributed by atoms with Crippen LogP contribution < -0.4 is 4.90 Å². The summed E-state index contributed by atoms with van der Waals surface area (Å²) in [4.78, 5) is 14.0. The van der Waals surface area contributed by atoms with Crippen molar-refractivity contribution in [3.8, 4) is 0 Å². The Labute approximate surface area is 112 Å². The Morgan fingerprint density at radius 3 is 3.06 bits per heavy atom. The molecule has 98 valence electrons. The molecule has 0 bridgehead atoms. The predicted octanol–water partition coefficient (Wildman–Crippen LogP) is 3.51. The molecular formula is C14H17ClFNO. The van der Waals surface area contributed by atoms with Crippen molar-refractivity contribution in [2.45, 2.75) is 38.6 Å². The minimum absolute atomic E-state index is 0.0794. The Hall–Kier alpha value is -1.09. The van der Waals surface area contributed by atoms with Crippen LogP contribution in [0.3, 0.4) is 0 Å². The van der Waals surface area contributed by atoms with Gasteiger partial charge in [-0.05, 0) is 49.9 Å². The highest BCUT2D eigenvalue weighted by atomic mass is 35.5. The fraction of sp³-hybridized carbons (Fsp3) is 0.500. The first-order valence-corrected chi connectivity index (χ1v) is 6.83. The van der Waals surface area contributed by atoms with Crippen molar-refractivity contribution in [2.75, 3.05) is 10.8 Å². The molecule has 2 nitrogen and oxygen atoms in total. The number of anilines is 1. The summed E-state index contributed by atoms with van der Waals surface area (Å²) in [5.74, 6) is 0.330. The number of hydrogen-bond acceptors (Lipinski definition) is 1. The van der Waals surface area contributed by atoms with Gasteiger partial charge in [-0.3, -0.25) is 4.79 Å². The van der Waals surface area contributed by atoms with Crippen molar-refractivity contribution in [1.29, 1.82) is 0 Å². The number of carbonyl (C=O) groups is 1. The van der Waals surface area contributed by atoms with Crippen LogP contribution in [0.4, 0.5) is 10.1 Å². The first-order valence-electron chi connectivity index (χ1n) is 6.30. The zero-order chi connectivity index (χ0) is 13.1. The molecule has 1 amide bonds. The number of fused-ring (bicyclic) bond motifs is 1. The number of halogens is 2. The normalized spacial score (nSPS) is 18.6. The summed E-state index contributed by atoms with van der Waals surface area (Å²) in [6, 6.07) is 4.83. The van der Waals surface area contributed by atoms with Gasteiger partial charge in [0.25, 0.3) is 0 Å². The number of nitrogens with zero attached hydrogens (tertiary/aromatic N) is 1. The predicted molar refractivity (Wildman–Crippen MR) is 71.6 cm³/mol. The maximum absolute atomic E-state index is 13.2. The number of hydrogen-bond donors (Lipinski definition) is 0. The van der Waals surface area contributed by atoms with Crippen LogP contribution in [0.1, 0.15) is 31.7 Å². The van der Waals surface area contributed by atoms with Crippen molar-refractivity contribution in [3.05, 3.63) is 29.6 Å². The molecule has 1 aliphatic rings. The van der Waals surface area contributed by atoms with E-state index in [1.165, 1.54) is 12.1 Å². The largest absolute Gasteiger partial charge is 0.309 e. The molecule has 0 N–H and O–H groups in total. The molecule has 0 radical (unpaired) electrons. The summed E-state index contributed by atoms with van der Waals surface area (Å²) < 4.78 is 13.2. The van der Waals surface area contributed by atoms with E-state index in [9.17, 15) is 9.18 Å². The summed E-state index contributed by atoms with van der Waals surface area (Å²) in [5.41, 5.74) is 1.78. The molecule has 4 heteroatoms. The Kier molecular flexibility index (Phi) is 4.23. The lowest BCUT2D eigenvalue weighted by Crippen LogP contribution is -2.42. The smallest absolute Gasteiger partial charge is 0.227 e. The average molecular weight is 270 g/mol. The highest BCUT2D eigenvalue weighted by molar-refractivity contribution is 6.18. The van der Waals surface area contributed by atoms with E-state index in [1.807, 2.05) is 6.92 Å². The maximum atomic E-state index is 13.2. The van der Waals surface area contributed by atoms with E-state index >= 15 is 0 Å². The zero-order valence-corrected chi connectivity index (χ0v) is 11.2. The summed E-state index contributed by atoms with van der Waals surface area (Å²) in [6.45, 7) is 2.03. The van der Waals surface area contributed by atoms with Gasteiger partial charge in [0.1, 0.15) is 5.82 Å². The summed E-state index contributed by atoms with van der Waals surface area (Å²) in [5, 5.41) is 0. The highest BCUT2D eigenvalue weighted by Crippen LogP contribution is 2.31. The number of benzene rings is 1. The molecule has 0 aromatic heterocycles. The SMILES string of the molecule is CC1CCc2cc(F)ccc2N1C(=O)CCCCl. The van der Waals surface area contributed by atoms with Gasteiger partial charge >= 0.3 is 0 Å². The van der Waals surface area contributed by atoms with Gasteiger partial charge in [-0.25, -0.2) is 4.39 Å². The molecule has 1 unspecified atom stereocenters. The van der Waals surface area contributed by atoms with Crippen LogP contribution in [0.2, 0.25) is 0 Å². The Morgan fingerprint density at radius 2 is 2.33 bits per heavy atom. The molecule has 18 heavy (non-hydrogen) atoms. The van der Waals surface area contributed by atoms with Gasteiger partial charge in [-0.2, -0.15) is 0 Å². The second kappa shape index (κ2) is 5.70. The third-order valence-corrected chi connectivity index (χ3v) is 3.63. The molecule has 1 aliphatic heterocycles. The molecular weight excluding hydrogens is 253 g/mol. The Balaban J connectivity index is 2.27. The molecule has 0 saturated carbocycles. The second-order valence-corrected chi connectivity index (χ2v) is 5.09. The van der Waals surface area contributed by atoms with E-state index in [1.54, 1.807) is 11.0 Å². The first kappa shape index (κ1) is 13.3. The van der Waals surface area contributed by atoms with Gasteiger partial charge in [0, 0.05) is 24.0 Å². The van der Waals surface area contributed by atoms with Crippen LogP contribution in [0.5, 0.6) is 0 Å². The molecule has 1 atom stereocenters. The average Bonchev–Trinajstić information content (AvgIpc) is 2.36. The molecule has 2 rings (SSSR count). The Bertz CT molecular complexity index is 449. The number of alkyl halides is 1. The number of carbonyl (C=O) groups excluding carboxylic acids is 1. The molecule has 1 heterocycles. The fourth-order valence-corrected chi connectivity index (χ4v) is 2.57. The molecule has 0 fully saturated rings. The van der Waals surface area contributed by atoms with Gasteiger partial charge in [0.2, 0.25) is 5.91 Å². The minimum atomic E-state index is -0.239. The lowest BCUT2D eigenvalue weighted by Gasteiger charge is -2.35. The van der Waals surface area contributed by atoms with Crippen molar-refractivity contribution in [1.82, 2.24) is 0 Å². The molecule has 0 saturated heterocycles. The lowest BCUT2D eigenvalue weighted by molar-refractivity contribution is -0.119. The van der Waals surface area contributed by atoms with Crippen LogP contribution in [0, 0.1) is 5.82 Å². The zero-order valence-electron chi connectivity index (χ0n) is 10.5. The van der Waals surface area contributed by atoms with Crippen molar-refractivity contribution in [2.24, 2.45) is 0 Å². The molecule has 0 spiro atoms. The van der Waals surface area contributed by atoms with E-state index in [0.717, 1.165) is 24.1 Å². The third-order valence-electron chi connectivity index (χ3n) is 3.37. The molecule has 1 aromatic rings. The third kappa shape index (κ3) is 2.66. The van der Waals surface area contributed by atoms with Crippen LogP contribution >= 0.6 is 11.6 Å². The van der Waals surface area contributed by atoms with Gasteiger partial charge in [0.05, 0.1) is 0 Å². The standard InChI is InChI=1S/C14H17ClFNO/c1-10-4-5-11-9-12(16)6-7-13(11)17(10)14(18)3-2-8-15/h6-7,9-10H,2-5,8H2,1H3. The van der Waals surface area contributed by atoms with Gasteiger partial charge in [-0.1, -0.05) is 0 Å². The number of aryl methyl sites for hydroxylation is 1. The molecule has 0 aliphatic carbocycles. The summed E-state index contributed by atoms with van der Waals surface area (Å²) in [6.07, 6.45) is 2.83. The van der Waals surface area contributed by atoms with Crippen LogP contribution in [-0.4, -0.2) is 17.8 Å². The van der Waals surface area contributed by atoms with Crippen LogP contribution in [0.25, 0.3) is 0 Å². The van der Waals surface area contributed by atoms with E-state index in [-0.39, 0.29) is 17.8 Å². The van der Waals surface area contributed by atoms with Crippen LogP contribution in [-0.2, 0) is 11.2 Å². The maximum Gasteiger partial charge on any atom is 0.227 e.